The Kier molecular flexibility index (Phi) is 4.86. The van der Waals surface area contributed by atoms with Crippen molar-refractivity contribution in [3.8, 4) is 0 Å². The van der Waals surface area contributed by atoms with E-state index in [0.717, 1.165) is 28.1 Å². The minimum absolute atomic E-state index is 0.0233. The Morgan fingerprint density at radius 2 is 2.08 bits per heavy atom. The van der Waals surface area contributed by atoms with E-state index in [1.54, 1.807) is 12.1 Å². The number of anilines is 1. The number of H-pyrrole nitrogens is 1. The van der Waals surface area contributed by atoms with Gasteiger partial charge in [0.05, 0.1) is 11.0 Å². The zero-order valence-electron chi connectivity index (χ0n) is 13.8. The molecule has 0 fully saturated rings. The molecular weight excluding hydrogens is 322 g/mol. The van der Waals surface area contributed by atoms with E-state index in [1.165, 1.54) is 0 Å². The lowest BCUT2D eigenvalue weighted by Crippen LogP contribution is -2.12. The molecule has 2 N–H and O–H groups in total. The number of aromatic amines is 1. The molecule has 2 aromatic carbocycles. The van der Waals surface area contributed by atoms with Gasteiger partial charge in [-0.15, -0.1) is 0 Å². The third-order valence-electron chi connectivity index (χ3n) is 3.86. The topological polar surface area (TPSA) is 57.8 Å². The summed E-state index contributed by atoms with van der Waals surface area (Å²) in [7, 11) is 0. The first-order chi connectivity index (χ1) is 11.5. The van der Waals surface area contributed by atoms with Gasteiger partial charge in [-0.05, 0) is 42.3 Å². The van der Waals surface area contributed by atoms with Crippen molar-refractivity contribution in [2.75, 3.05) is 5.32 Å². The van der Waals surface area contributed by atoms with Crippen molar-refractivity contribution in [1.29, 1.82) is 0 Å². The van der Waals surface area contributed by atoms with Crippen LogP contribution < -0.4 is 5.32 Å². The zero-order valence-corrected chi connectivity index (χ0v) is 14.5. The van der Waals surface area contributed by atoms with E-state index in [2.05, 4.69) is 35.2 Å². The molecule has 1 amide bonds. The highest BCUT2D eigenvalue weighted by molar-refractivity contribution is 6.30. The van der Waals surface area contributed by atoms with Gasteiger partial charge in [0.25, 0.3) is 0 Å². The smallest absolute Gasteiger partial charge is 0.224 e. The molecule has 0 spiro atoms. The van der Waals surface area contributed by atoms with E-state index in [9.17, 15) is 4.79 Å². The molecule has 5 heteroatoms. The van der Waals surface area contributed by atoms with E-state index in [-0.39, 0.29) is 5.91 Å². The Hall–Kier alpha value is -2.33. The molecule has 0 unspecified atom stereocenters. The standard InChI is InChI=1S/C19H20ClN3O/c1-12(2)19-22-16-8-6-13(10-17(16)23-19)7-9-18(24)21-15-5-3-4-14(20)11-15/h3-6,8,10-12H,7,9H2,1-2H3,(H,21,24)(H,22,23). The van der Waals surface area contributed by atoms with Crippen molar-refractivity contribution in [3.05, 3.63) is 58.9 Å². The maximum absolute atomic E-state index is 12.1. The van der Waals surface area contributed by atoms with Gasteiger partial charge in [-0.25, -0.2) is 4.98 Å². The molecule has 1 aromatic heterocycles. The summed E-state index contributed by atoms with van der Waals surface area (Å²) in [5, 5.41) is 3.48. The highest BCUT2D eigenvalue weighted by Gasteiger charge is 2.08. The van der Waals surface area contributed by atoms with Gasteiger partial charge < -0.3 is 10.3 Å². The van der Waals surface area contributed by atoms with Gasteiger partial charge in [0.2, 0.25) is 5.91 Å². The fraction of sp³-hybridized carbons (Fsp3) is 0.263. The summed E-state index contributed by atoms with van der Waals surface area (Å²) >= 11 is 5.92. The molecule has 124 valence electrons. The van der Waals surface area contributed by atoms with Gasteiger partial charge in [-0.3, -0.25) is 4.79 Å². The van der Waals surface area contributed by atoms with Crippen LogP contribution in [-0.2, 0) is 11.2 Å². The molecule has 3 aromatic rings. The van der Waals surface area contributed by atoms with Gasteiger partial charge >= 0.3 is 0 Å². The lowest BCUT2D eigenvalue weighted by Gasteiger charge is -2.06. The quantitative estimate of drug-likeness (QED) is 0.692. The normalized spacial score (nSPS) is 11.2. The van der Waals surface area contributed by atoms with Crippen LogP contribution in [0.4, 0.5) is 5.69 Å². The Labute approximate surface area is 146 Å². The lowest BCUT2D eigenvalue weighted by molar-refractivity contribution is -0.116. The molecule has 0 atom stereocenters. The molecule has 24 heavy (non-hydrogen) atoms. The van der Waals surface area contributed by atoms with Gasteiger partial charge in [-0.1, -0.05) is 37.6 Å². The Morgan fingerprint density at radius 3 is 2.83 bits per heavy atom. The van der Waals surface area contributed by atoms with E-state index < -0.39 is 0 Å². The Bertz CT molecular complexity index is 870. The number of imidazole rings is 1. The minimum atomic E-state index is -0.0233. The summed E-state index contributed by atoms with van der Waals surface area (Å²) in [6.45, 7) is 4.22. The summed E-state index contributed by atoms with van der Waals surface area (Å²) in [5.41, 5.74) is 3.82. The van der Waals surface area contributed by atoms with Crippen molar-refractivity contribution in [1.82, 2.24) is 9.97 Å². The van der Waals surface area contributed by atoms with Crippen molar-refractivity contribution < 1.29 is 4.79 Å². The number of benzene rings is 2. The van der Waals surface area contributed by atoms with E-state index in [1.807, 2.05) is 24.3 Å². The van der Waals surface area contributed by atoms with Gasteiger partial charge in [0, 0.05) is 23.0 Å². The third kappa shape index (κ3) is 3.95. The average Bonchev–Trinajstić information content (AvgIpc) is 2.96. The number of nitrogens with one attached hydrogen (secondary N) is 2. The third-order valence-corrected chi connectivity index (χ3v) is 4.10. The number of fused-ring (bicyclic) bond motifs is 1. The maximum atomic E-state index is 12.1. The largest absolute Gasteiger partial charge is 0.342 e. The first kappa shape index (κ1) is 16.5. The molecule has 1 heterocycles. The molecule has 0 aliphatic rings. The minimum Gasteiger partial charge on any atom is -0.342 e. The highest BCUT2D eigenvalue weighted by atomic mass is 35.5. The first-order valence-corrected chi connectivity index (χ1v) is 8.43. The summed E-state index contributed by atoms with van der Waals surface area (Å²) in [6, 6.07) is 13.3. The Balaban J connectivity index is 1.63. The molecule has 0 radical (unpaired) electrons. The number of nitrogens with zero attached hydrogens (tertiary/aromatic N) is 1. The summed E-state index contributed by atoms with van der Waals surface area (Å²) in [5.74, 6) is 1.33. The fourth-order valence-corrected chi connectivity index (χ4v) is 2.74. The predicted molar refractivity (Wildman–Crippen MR) is 98.6 cm³/mol. The van der Waals surface area contributed by atoms with Gasteiger partial charge in [-0.2, -0.15) is 0 Å². The first-order valence-electron chi connectivity index (χ1n) is 8.05. The van der Waals surface area contributed by atoms with Crippen LogP contribution in [0.25, 0.3) is 11.0 Å². The number of aryl methyl sites for hydroxylation is 1. The van der Waals surface area contributed by atoms with E-state index in [0.29, 0.717) is 23.8 Å². The SMILES string of the molecule is CC(C)c1nc2ccc(CCC(=O)Nc3cccc(Cl)c3)cc2[nH]1. The van der Waals surface area contributed by atoms with Crippen molar-refractivity contribution in [3.63, 3.8) is 0 Å². The summed E-state index contributed by atoms with van der Waals surface area (Å²) in [6.07, 6.45) is 1.10. The lowest BCUT2D eigenvalue weighted by atomic mass is 10.1. The fourth-order valence-electron chi connectivity index (χ4n) is 2.55. The molecule has 3 rings (SSSR count). The molecular formula is C19H20ClN3O. The molecule has 0 saturated heterocycles. The van der Waals surface area contributed by atoms with Crippen molar-refractivity contribution >= 4 is 34.2 Å². The monoisotopic (exact) mass is 341 g/mol. The number of halogens is 1. The summed E-state index contributed by atoms with van der Waals surface area (Å²) in [4.78, 5) is 20.0. The number of amides is 1. The molecule has 0 aliphatic heterocycles. The predicted octanol–water partition coefficient (Wildman–Crippen LogP) is 4.91. The van der Waals surface area contributed by atoms with E-state index in [4.69, 9.17) is 11.6 Å². The second kappa shape index (κ2) is 7.05. The van der Waals surface area contributed by atoms with Crippen molar-refractivity contribution in [2.45, 2.75) is 32.6 Å². The number of carbonyl (C=O) groups is 1. The van der Waals surface area contributed by atoms with Crippen LogP contribution >= 0.6 is 11.6 Å². The van der Waals surface area contributed by atoms with Crippen LogP contribution in [0.3, 0.4) is 0 Å². The maximum Gasteiger partial charge on any atom is 0.224 e. The Morgan fingerprint density at radius 1 is 1.25 bits per heavy atom. The second-order valence-electron chi connectivity index (χ2n) is 6.19. The van der Waals surface area contributed by atoms with Crippen LogP contribution in [0, 0.1) is 0 Å². The van der Waals surface area contributed by atoms with Crippen LogP contribution in [-0.4, -0.2) is 15.9 Å². The van der Waals surface area contributed by atoms with Crippen LogP contribution in [0.1, 0.15) is 37.6 Å². The zero-order chi connectivity index (χ0) is 17.1. The highest BCUT2D eigenvalue weighted by Crippen LogP contribution is 2.19. The number of hydrogen-bond donors (Lipinski definition) is 2. The molecule has 0 bridgehead atoms. The second-order valence-corrected chi connectivity index (χ2v) is 6.62. The molecule has 0 saturated carbocycles. The summed E-state index contributed by atoms with van der Waals surface area (Å²) < 4.78 is 0. The number of rotatable bonds is 5. The van der Waals surface area contributed by atoms with E-state index >= 15 is 0 Å². The average molecular weight is 342 g/mol. The van der Waals surface area contributed by atoms with Crippen LogP contribution in [0.15, 0.2) is 42.5 Å². The van der Waals surface area contributed by atoms with Crippen molar-refractivity contribution in [2.24, 2.45) is 0 Å². The number of carbonyl (C=O) groups excluding carboxylic acids is 1. The van der Waals surface area contributed by atoms with Crippen LogP contribution in [0.2, 0.25) is 5.02 Å². The van der Waals surface area contributed by atoms with Crippen LogP contribution in [0.5, 0.6) is 0 Å². The molecule has 0 aliphatic carbocycles. The number of hydrogen-bond acceptors (Lipinski definition) is 2. The van der Waals surface area contributed by atoms with Gasteiger partial charge in [0.1, 0.15) is 5.82 Å². The number of aromatic nitrogens is 2. The molecule has 4 nitrogen and oxygen atoms in total. The van der Waals surface area contributed by atoms with Gasteiger partial charge in [0.15, 0.2) is 0 Å².